The van der Waals surface area contributed by atoms with E-state index in [1.54, 1.807) is 25.4 Å². The number of aromatic nitrogens is 3. The number of imide groups is 1. The maximum absolute atomic E-state index is 15.4. The number of carbonyl (C=O) groups excluding carboxylic acids is 4. The van der Waals surface area contributed by atoms with Crippen LogP contribution < -0.4 is 25.6 Å². The summed E-state index contributed by atoms with van der Waals surface area (Å²) in [6.07, 6.45) is 5.24. The van der Waals surface area contributed by atoms with E-state index < -0.39 is 29.6 Å². The molecule has 0 spiro atoms. The monoisotopic (exact) mass is 759 g/mol. The zero-order valence-electron chi connectivity index (χ0n) is 31.6. The molecule has 288 valence electrons. The molecule has 1 atom stereocenters. The van der Waals surface area contributed by atoms with E-state index in [0.29, 0.717) is 59.5 Å². The minimum absolute atomic E-state index is 0.0362. The molecule has 1 unspecified atom stereocenters. The molecule has 2 aliphatic rings. The quantitative estimate of drug-likeness (QED) is 0.111. The highest BCUT2D eigenvalue weighted by Crippen LogP contribution is 2.38. The second-order valence-electron chi connectivity index (χ2n) is 14.0. The summed E-state index contributed by atoms with van der Waals surface area (Å²) in [5.41, 5.74) is 5.65. The fourth-order valence-electron chi connectivity index (χ4n) is 7.31. The number of hydrogen-bond acceptors (Lipinski definition) is 10. The molecule has 0 bridgehead atoms. The molecule has 2 aliphatic heterocycles. The molecular weight excluding hydrogens is 718 g/mol. The molecule has 56 heavy (non-hydrogen) atoms. The lowest BCUT2D eigenvalue weighted by atomic mass is 10.0. The van der Waals surface area contributed by atoms with Crippen molar-refractivity contribution in [3.63, 3.8) is 0 Å². The SMILES string of the molecule is C=CC(=O)Nc1cc(Nc2nccc(-c3cn(C)c4ccccc34)n2)c(OC)cc1N(C)CCN(C)Cc1cc(F)c2c(c1)CN(C1CCC(=O)NC1=O)C2=O. The zero-order valence-corrected chi connectivity index (χ0v) is 31.6. The van der Waals surface area contributed by atoms with Gasteiger partial charge < -0.3 is 34.6 Å². The van der Waals surface area contributed by atoms with E-state index in [0.717, 1.165) is 22.2 Å². The Morgan fingerprint density at radius 2 is 1.91 bits per heavy atom. The number of hydrogen-bond donors (Lipinski definition) is 3. The Morgan fingerprint density at radius 1 is 1.11 bits per heavy atom. The van der Waals surface area contributed by atoms with Crippen molar-refractivity contribution in [2.45, 2.75) is 32.0 Å². The van der Waals surface area contributed by atoms with Gasteiger partial charge in [0.15, 0.2) is 0 Å². The number of anilines is 4. The van der Waals surface area contributed by atoms with Crippen LogP contribution in [-0.4, -0.2) is 88.3 Å². The topological polar surface area (TPSA) is 154 Å². The summed E-state index contributed by atoms with van der Waals surface area (Å²) >= 11 is 0. The van der Waals surface area contributed by atoms with Gasteiger partial charge in [-0.2, -0.15) is 0 Å². The van der Waals surface area contributed by atoms with Gasteiger partial charge in [-0.15, -0.1) is 0 Å². The molecule has 1 fully saturated rings. The van der Waals surface area contributed by atoms with Crippen molar-refractivity contribution in [3.8, 4) is 17.0 Å². The number of fused-ring (bicyclic) bond motifs is 2. The van der Waals surface area contributed by atoms with Gasteiger partial charge in [0.05, 0.1) is 35.4 Å². The van der Waals surface area contributed by atoms with Crippen LogP contribution in [0.2, 0.25) is 0 Å². The number of rotatable bonds is 13. The van der Waals surface area contributed by atoms with Crippen LogP contribution in [0.15, 0.2) is 79.6 Å². The van der Waals surface area contributed by atoms with E-state index in [2.05, 4.69) is 44.2 Å². The van der Waals surface area contributed by atoms with E-state index >= 15 is 4.39 Å². The van der Waals surface area contributed by atoms with Crippen molar-refractivity contribution in [3.05, 3.63) is 102 Å². The molecule has 3 aromatic carbocycles. The molecule has 0 saturated carbocycles. The van der Waals surface area contributed by atoms with Gasteiger partial charge in [0, 0.05) is 81.6 Å². The van der Waals surface area contributed by atoms with Crippen LogP contribution in [0.3, 0.4) is 0 Å². The lowest BCUT2D eigenvalue weighted by molar-refractivity contribution is -0.137. The zero-order chi connectivity index (χ0) is 39.7. The predicted octanol–water partition coefficient (Wildman–Crippen LogP) is 4.98. The lowest BCUT2D eigenvalue weighted by Crippen LogP contribution is -2.52. The van der Waals surface area contributed by atoms with Crippen LogP contribution in [0.1, 0.15) is 34.3 Å². The third kappa shape index (κ3) is 7.53. The first-order valence-corrected chi connectivity index (χ1v) is 18.1. The Morgan fingerprint density at radius 3 is 2.68 bits per heavy atom. The number of amides is 4. The summed E-state index contributed by atoms with van der Waals surface area (Å²) in [6, 6.07) is 15.9. The highest BCUT2D eigenvalue weighted by Gasteiger charge is 2.40. The van der Waals surface area contributed by atoms with Gasteiger partial charge in [0.1, 0.15) is 17.6 Å². The number of benzene rings is 3. The average Bonchev–Trinajstić information content (AvgIpc) is 3.70. The second-order valence-corrected chi connectivity index (χ2v) is 14.0. The highest BCUT2D eigenvalue weighted by atomic mass is 19.1. The molecular formula is C41H42FN9O5. The van der Waals surface area contributed by atoms with Gasteiger partial charge in [0.25, 0.3) is 5.91 Å². The van der Waals surface area contributed by atoms with Crippen LogP contribution in [0, 0.1) is 5.82 Å². The highest BCUT2D eigenvalue weighted by molar-refractivity contribution is 6.05. The number of nitrogens with one attached hydrogen (secondary N) is 3. The predicted molar refractivity (Wildman–Crippen MR) is 211 cm³/mol. The third-order valence-electron chi connectivity index (χ3n) is 10.2. The van der Waals surface area contributed by atoms with Crippen molar-refractivity contribution < 1.29 is 28.3 Å². The summed E-state index contributed by atoms with van der Waals surface area (Å²) < 4.78 is 23.2. The number of aryl methyl sites for hydroxylation is 1. The number of carbonyl (C=O) groups is 4. The average molecular weight is 760 g/mol. The fourth-order valence-corrected chi connectivity index (χ4v) is 7.31. The van der Waals surface area contributed by atoms with Gasteiger partial charge in [-0.05, 0) is 54.9 Å². The van der Waals surface area contributed by atoms with Crippen LogP contribution >= 0.6 is 0 Å². The normalized spacial score (nSPS) is 15.2. The standard InChI is InChI=1S/C41H42FN9O5/c1-6-36(52)44-30-19-31(46-41-43-14-13-29(45-41)27-23-50(4)32-10-8-7-9-26(27)32)35(56-5)20-34(30)49(3)16-15-48(2)21-24-17-25-22-51(40(55)38(25)28(42)18-24)33-11-12-37(53)47-39(33)54/h6-10,13-14,17-20,23,33H,1,11-12,15-16,21-22H2,2-5H3,(H,44,52)(H,43,45,46)(H,47,53,54). The number of nitrogens with zero attached hydrogens (tertiary/aromatic N) is 6. The van der Waals surface area contributed by atoms with Gasteiger partial charge in [-0.3, -0.25) is 24.5 Å². The van der Waals surface area contributed by atoms with E-state index in [1.807, 2.05) is 61.4 Å². The first-order chi connectivity index (χ1) is 26.9. The van der Waals surface area contributed by atoms with Crippen LogP contribution in [0.5, 0.6) is 5.75 Å². The smallest absolute Gasteiger partial charge is 0.258 e. The van der Waals surface area contributed by atoms with Crippen molar-refractivity contribution >= 4 is 57.5 Å². The minimum atomic E-state index is -0.821. The number of methoxy groups -OCH3 is 1. The number of ether oxygens (including phenoxy) is 1. The maximum atomic E-state index is 15.4. The minimum Gasteiger partial charge on any atom is -0.494 e. The van der Waals surface area contributed by atoms with E-state index in [1.165, 1.54) is 17.0 Å². The molecule has 4 amide bonds. The second kappa shape index (κ2) is 15.6. The Balaban J connectivity index is 1.06. The fraction of sp³-hybridized carbons (Fsp3) is 0.268. The van der Waals surface area contributed by atoms with Crippen LogP contribution in [0.25, 0.3) is 22.2 Å². The molecule has 4 heterocycles. The van der Waals surface area contributed by atoms with Gasteiger partial charge in [-0.25, -0.2) is 14.4 Å². The Labute approximate surface area is 322 Å². The maximum Gasteiger partial charge on any atom is 0.258 e. The molecule has 0 radical (unpaired) electrons. The van der Waals surface area contributed by atoms with E-state index in [9.17, 15) is 19.2 Å². The number of para-hydroxylation sites is 1. The summed E-state index contributed by atoms with van der Waals surface area (Å²) in [5, 5.41) is 9.51. The summed E-state index contributed by atoms with van der Waals surface area (Å²) in [7, 11) is 7.34. The molecule has 2 aromatic heterocycles. The summed E-state index contributed by atoms with van der Waals surface area (Å²) in [4.78, 5) is 64.4. The first-order valence-electron chi connectivity index (χ1n) is 18.1. The Kier molecular flexibility index (Phi) is 10.5. The van der Waals surface area contributed by atoms with E-state index in [4.69, 9.17) is 9.72 Å². The lowest BCUT2D eigenvalue weighted by Gasteiger charge is -2.29. The molecule has 3 N–H and O–H groups in total. The largest absolute Gasteiger partial charge is 0.494 e. The van der Waals surface area contributed by atoms with E-state index in [-0.39, 0.29) is 30.9 Å². The van der Waals surface area contributed by atoms with Crippen molar-refractivity contribution in [2.75, 3.05) is 49.8 Å². The van der Waals surface area contributed by atoms with Crippen LogP contribution in [0.4, 0.5) is 27.4 Å². The first kappa shape index (κ1) is 37.7. The van der Waals surface area contributed by atoms with Gasteiger partial charge in [-0.1, -0.05) is 30.8 Å². The Hall–Kier alpha value is -6.61. The molecule has 0 aliphatic carbocycles. The van der Waals surface area contributed by atoms with Crippen molar-refractivity contribution in [2.24, 2.45) is 7.05 Å². The number of piperidine rings is 1. The molecule has 7 rings (SSSR count). The molecule has 5 aromatic rings. The van der Waals surface area contributed by atoms with Gasteiger partial charge in [0.2, 0.25) is 23.7 Å². The summed E-state index contributed by atoms with van der Waals surface area (Å²) in [6.45, 7) is 5.13. The summed E-state index contributed by atoms with van der Waals surface area (Å²) in [5.74, 6) is -1.68. The van der Waals surface area contributed by atoms with Crippen molar-refractivity contribution in [1.82, 2.24) is 29.7 Å². The Bertz CT molecular complexity index is 2390. The molecule has 1 saturated heterocycles. The molecule has 15 heteroatoms. The number of halogens is 1. The number of likely N-dealkylation sites (N-methyl/N-ethyl adjacent to an activating group) is 2. The molecule has 14 nitrogen and oxygen atoms in total. The third-order valence-corrected chi connectivity index (χ3v) is 10.2. The van der Waals surface area contributed by atoms with Gasteiger partial charge >= 0.3 is 0 Å². The van der Waals surface area contributed by atoms with Crippen molar-refractivity contribution in [1.29, 1.82) is 0 Å². The van der Waals surface area contributed by atoms with Crippen LogP contribution in [-0.2, 0) is 34.5 Å².